The molecule has 0 aliphatic rings. The first-order valence-electron chi connectivity index (χ1n) is 7.42. The van der Waals surface area contributed by atoms with Gasteiger partial charge in [0.15, 0.2) is 0 Å². The molecule has 0 spiro atoms. The molecule has 0 saturated heterocycles. The second kappa shape index (κ2) is 9.65. The Labute approximate surface area is 159 Å². The fourth-order valence-corrected chi connectivity index (χ4v) is 2.75. The first kappa shape index (κ1) is 19.6. The lowest BCUT2D eigenvalue weighted by atomic mass is 10.3. The standard InChI is InChI=1S/C18H15ClN2O4S/c19-12-4-6-13(7-5-12)20-17(23)11-26-15-3-1-2-14(10-15)21-16(22)8-9-18(24)25/h1-10H,11H2,(H,20,23)(H,21,22)(H,24,25)/b9-8+. The van der Waals surface area contributed by atoms with E-state index in [-0.39, 0.29) is 11.7 Å². The molecular formula is C18H15ClN2O4S. The van der Waals surface area contributed by atoms with E-state index in [4.69, 9.17) is 16.7 Å². The van der Waals surface area contributed by atoms with E-state index >= 15 is 0 Å². The topological polar surface area (TPSA) is 95.5 Å². The molecule has 8 heteroatoms. The highest BCUT2D eigenvalue weighted by molar-refractivity contribution is 8.00. The zero-order chi connectivity index (χ0) is 18.9. The Kier molecular flexibility index (Phi) is 7.25. The van der Waals surface area contributed by atoms with Crippen LogP contribution >= 0.6 is 23.4 Å². The fraction of sp³-hybridized carbons (Fsp3) is 0.0556. The Morgan fingerprint density at radius 3 is 2.42 bits per heavy atom. The molecule has 0 heterocycles. The maximum absolute atomic E-state index is 12.0. The average molecular weight is 391 g/mol. The van der Waals surface area contributed by atoms with Crippen LogP contribution in [-0.4, -0.2) is 28.6 Å². The number of thioether (sulfide) groups is 1. The smallest absolute Gasteiger partial charge is 0.328 e. The summed E-state index contributed by atoms with van der Waals surface area (Å²) in [4.78, 5) is 34.7. The summed E-state index contributed by atoms with van der Waals surface area (Å²) in [6, 6.07) is 13.7. The Hall–Kier alpha value is -2.77. The maximum Gasteiger partial charge on any atom is 0.328 e. The van der Waals surface area contributed by atoms with Gasteiger partial charge in [0, 0.05) is 33.4 Å². The quantitative estimate of drug-likeness (QED) is 0.495. The van der Waals surface area contributed by atoms with Crippen molar-refractivity contribution in [2.24, 2.45) is 0 Å². The number of carboxylic acid groups (broad SMARTS) is 1. The van der Waals surface area contributed by atoms with Crippen molar-refractivity contribution in [1.29, 1.82) is 0 Å². The maximum atomic E-state index is 12.0. The van der Waals surface area contributed by atoms with E-state index in [9.17, 15) is 14.4 Å². The number of amides is 2. The van der Waals surface area contributed by atoms with Gasteiger partial charge in [0.2, 0.25) is 11.8 Å². The number of benzene rings is 2. The second-order valence-corrected chi connectivity index (χ2v) is 6.52. The van der Waals surface area contributed by atoms with Gasteiger partial charge < -0.3 is 15.7 Å². The van der Waals surface area contributed by atoms with Crippen LogP contribution < -0.4 is 10.6 Å². The van der Waals surface area contributed by atoms with Crippen molar-refractivity contribution in [2.45, 2.75) is 4.90 Å². The molecule has 0 aliphatic heterocycles. The van der Waals surface area contributed by atoms with E-state index in [0.717, 1.165) is 17.0 Å². The highest BCUT2D eigenvalue weighted by Crippen LogP contribution is 2.22. The first-order valence-corrected chi connectivity index (χ1v) is 8.79. The molecule has 2 aromatic carbocycles. The Morgan fingerprint density at radius 2 is 1.73 bits per heavy atom. The summed E-state index contributed by atoms with van der Waals surface area (Å²) in [6.07, 6.45) is 1.69. The van der Waals surface area contributed by atoms with Gasteiger partial charge in [-0.1, -0.05) is 17.7 Å². The zero-order valence-electron chi connectivity index (χ0n) is 13.4. The zero-order valence-corrected chi connectivity index (χ0v) is 15.0. The van der Waals surface area contributed by atoms with Gasteiger partial charge in [0.25, 0.3) is 0 Å². The fourth-order valence-electron chi connectivity index (χ4n) is 1.87. The summed E-state index contributed by atoms with van der Waals surface area (Å²) in [5, 5.41) is 14.4. The van der Waals surface area contributed by atoms with Crippen LogP contribution in [0.4, 0.5) is 11.4 Å². The number of carbonyl (C=O) groups is 3. The summed E-state index contributed by atoms with van der Waals surface area (Å²) in [6.45, 7) is 0. The molecule has 0 aliphatic carbocycles. The minimum absolute atomic E-state index is 0.170. The molecule has 2 aromatic rings. The average Bonchev–Trinajstić information content (AvgIpc) is 2.60. The van der Waals surface area contributed by atoms with Gasteiger partial charge in [0.05, 0.1) is 5.75 Å². The second-order valence-electron chi connectivity index (χ2n) is 5.03. The van der Waals surface area contributed by atoms with Gasteiger partial charge in [-0.05, 0) is 42.5 Å². The van der Waals surface area contributed by atoms with E-state index in [1.54, 1.807) is 42.5 Å². The molecule has 3 N–H and O–H groups in total. The summed E-state index contributed by atoms with van der Waals surface area (Å²) in [5.41, 5.74) is 1.17. The van der Waals surface area contributed by atoms with Crippen LogP contribution in [0.1, 0.15) is 0 Å². The van der Waals surface area contributed by atoms with Crippen LogP contribution in [0, 0.1) is 0 Å². The van der Waals surface area contributed by atoms with Crippen molar-refractivity contribution in [3.05, 3.63) is 65.7 Å². The number of nitrogens with one attached hydrogen (secondary N) is 2. The van der Waals surface area contributed by atoms with Crippen LogP contribution in [-0.2, 0) is 14.4 Å². The lowest BCUT2D eigenvalue weighted by molar-refractivity contribution is -0.131. The van der Waals surface area contributed by atoms with E-state index in [1.807, 2.05) is 6.07 Å². The highest BCUT2D eigenvalue weighted by atomic mass is 35.5. The number of anilines is 2. The first-order chi connectivity index (χ1) is 12.4. The monoisotopic (exact) mass is 390 g/mol. The summed E-state index contributed by atoms with van der Waals surface area (Å²) in [5.74, 6) is -1.72. The predicted octanol–water partition coefficient (Wildman–Crippen LogP) is 3.65. The molecule has 0 unspecified atom stereocenters. The van der Waals surface area contributed by atoms with E-state index in [0.29, 0.717) is 16.4 Å². The van der Waals surface area contributed by atoms with Crippen molar-refractivity contribution in [2.75, 3.05) is 16.4 Å². The Balaban J connectivity index is 1.87. The van der Waals surface area contributed by atoms with Gasteiger partial charge in [-0.3, -0.25) is 9.59 Å². The molecule has 0 bridgehead atoms. The third-order valence-corrected chi connectivity index (χ3v) is 4.22. The SMILES string of the molecule is O=C(O)/C=C/C(=O)Nc1cccc(SCC(=O)Nc2ccc(Cl)cc2)c1. The minimum atomic E-state index is -1.20. The molecule has 6 nitrogen and oxygen atoms in total. The number of halogens is 1. The van der Waals surface area contributed by atoms with Gasteiger partial charge in [-0.15, -0.1) is 11.8 Å². The summed E-state index contributed by atoms with van der Waals surface area (Å²) in [7, 11) is 0. The van der Waals surface area contributed by atoms with Crippen molar-refractivity contribution in [1.82, 2.24) is 0 Å². The highest BCUT2D eigenvalue weighted by Gasteiger charge is 2.05. The molecule has 0 saturated carbocycles. The van der Waals surface area contributed by atoms with Crippen molar-refractivity contribution in [3.8, 4) is 0 Å². The molecule has 26 heavy (non-hydrogen) atoms. The molecule has 2 rings (SSSR count). The third kappa shape index (κ3) is 7.00. The van der Waals surface area contributed by atoms with Crippen molar-refractivity contribution >= 4 is 52.5 Å². The number of carbonyl (C=O) groups excluding carboxylic acids is 2. The van der Waals surface area contributed by atoms with E-state index in [1.165, 1.54) is 11.8 Å². The molecular weight excluding hydrogens is 376 g/mol. The largest absolute Gasteiger partial charge is 0.478 e. The summed E-state index contributed by atoms with van der Waals surface area (Å²) >= 11 is 7.10. The minimum Gasteiger partial charge on any atom is -0.478 e. The lowest BCUT2D eigenvalue weighted by Gasteiger charge is -2.07. The Morgan fingerprint density at radius 1 is 1.00 bits per heavy atom. The van der Waals surface area contributed by atoms with Crippen LogP contribution in [0.3, 0.4) is 0 Å². The molecule has 0 fully saturated rings. The lowest BCUT2D eigenvalue weighted by Crippen LogP contribution is -2.13. The van der Waals surface area contributed by atoms with Gasteiger partial charge in [0.1, 0.15) is 0 Å². The summed E-state index contributed by atoms with van der Waals surface area (Å²) < 4.78 is 0. The predicted molar refractivity (Wildman–Crippen MR) is 103 cm³/mol. The normalized spacial score (nSPS) is 10.5. The molecule has 0 atom stereocenters. The third-order valence-electron chi connectivity index (χ3n) is 2.98. The van der Waals surface area contributed by atoms with E-state index in [2.05, 4.69) is 10.6 Å². The molecule has 134 valence electrons. The molecule has 0 radical (unpaired) electrons. The number of hydrogen-bond donors (Lipinski definition) is 3. The number of rotatable bonds is 7. The number of aliphatic carboxylic acids is 1. The molecule has 0 aromatic heterocycles. The Bertz CT molecular complexity index is 837. The van der Waals surface area contributed by atoms with E-state index < -0.39 is 11.9 Å². The van der Waals surface area contributed by atoms with Crippen LogP contribution in [0.2, 0.25) is 5.02 Å². The molecule has 2 amide bonds. The van der Waals surface area contributed by atoms with Crippen LogP contribution in [0.25, 0.3) is 0 Å². The van der Waals surface area contributed by atoms with Crippen LogP contribution in [0.15, 0.2) is 65.6 Å². The van der Waals surface area contributed by atoms with Gasteiger partial charge in [-0.2, -0.15) is 0 Å². The van der Waals surface area contributed by atoms with Gasteiger partial charge in [-0.25, -0.2) is 4.79 Å². The van der Waals surface area contributed by atoms with Crippen molar-refractivity contribution < 1.29 is 19.5 Å². The number of carboxylic acids is 1. The number of hydrogen-bond acceptors (Lipinski definition) is 4. The van der Waals surface area contributed by atoms with Crippen LogP contribution in [0.5, 0.6) is 0 Å². The van der Waals surface area contributed by atoms with Gasteiger partial charge >= 0.3 is 5.97 Å². The van der Waals surface area contributed by atoms with Crippen molar-refractivity contribution in [3.63, 3.8) is 0 Å².